The highest BCUT2D eigenvalue weighted by atomic mass is 16.2. The topological polar surface area (TPSA) is 41.1 Å². The number of hydrazine groups is 1. The van der Waals surface area contributed by atoms with Crippen LogP contribution in [0.3, 0.4) is 0 Å². The molecule has 0 atom stereocenters. The van der Waals surface area contributed by atoms with E-state index in [4.69, 9.17) is 0 Å². The third-order valence-electron chi connectivity index (χ3n) is 1.69. The summed E-state index contributed by atoms with van der Waals surface area (Å²) in [5, 5.41) is 0. The molecule has 2 N–H and O–H groups in total. The van der Waals surface area contributed by atoms with Crippen molar-refractivity contribution in [3.63, 3.8) is 0 Å². The zero-order valence-corrected chi connectivity index (χ0v) is 7.92. The molecule has 0 spiro atoms. The lowest BCUT2D eigenvalue weighted by atomic mass is 10.2. The molecule has 0 aliphatic heterocycles. The van der Waals surface area contributed by atoms with Gasteiger partial charge in [0.1, 0.15) is 0 Å². The Morgan fingerprint density at radius 3 is 2.85 bits per heavy atom. The highest BCUT2D eigenvalue weighted by molar-refractivity contribution is 5.76. The molecule has 0 aliphatic carbocycles. The van der Waals surface area contributed by atoms with Gasteiger partial charge in [-0.3, -0.25) is 15.6 Å². The molecule has 0 bridgehead atoms. The van der Waals surface area contributed by atoms with Crippen LogP contribution in [0.4, 0.5) is 5.69 Å². The molecule has 3 heteroatoms. The first-order chi connectivity index (χ1) is 6.22. The normalized spacial score (nSPS) is 9.38. The molecule has 0 aliphatic rings. The van der Waals surface area contributed by atoms with Gasteiger partial charge in [0, 0.05) is 6.42 Å². The lowest BCUT2D eigenvalue weighted by Crippen LogP contribution is -2.28. The summed E-state index contributed by atoms with van der Waals surface area (Å²) in [6, 6.07) is 7.82. The SMILES string of the molecule is CCC(=O)NNc1cccc(C)c1. The molecule has 1 aromatic carbocycles. The average molecular weight is 178 g/mol. The largest absolute Gasteiger partial charge is 0.299 e. The first-order valence-electron chi connectivity index (χ1n) is 4.34. The molecular weight excluding hydrogens is 164 g/mol. The van der Waals surface area contributed by atoms with Gasteiger partial charge in [-0.15, -0.1) is 0 Å². The first kappa shape index (κ1) is 9.58. The molecular formula is C10H14N2O. The smallest absolute Gasteiger partial charge is 0.238 e. The molecule has 0 unspecified atom stereocenters. The Morgan fingerprint density at radius 2 is 2.23 bits per heavy atom. The number of aryl methyl sites for hydroxylation is 1. The van der Waals surface area contributed by atoms with Gasteiger partial charge in [-0.05, 0) is 24.6 Å². The maximum absolute atomic E-state index is 10.9. The molecule has 3 nitrogen and oxygen atoms in total. The van der Waals surface area contributed by atoms with Crippen molar-refractivity contribution in [2.45, 2.75) is 20.3 Å². The average Bonchev–Trinajstić information content (AvgIpc) is 2.14. The third kappa shape index (κ3) is 3.15. The minimum atomic E-state index is -0.0125. The van der Waals surface area contributed by atoms with E-state index in [1.807, 2.05) is 38.1 Å². The van der Waals surface area contributed by atoms with E-state index >= 15 is 0 Å². The fourth-order valence-corrected chi connectivity index (χ4v) is 0.953. The molecule has 0 heterocycles. The van der Waals surface area contributed by atoms with E-state index in [2.05, 4.69) is 10.9 Å². The van der Waals surface area contributed by atoms with Crippen molar-refractivity contribution >= 4 is 11.6 Å². The second kappa shape index (κ2) is 4.50. The van der Waals surface area contributed by atoms with Gasteiger partial charge >= 0.3 is 0 Å². The second-order valence-corrected chi connectivity index (χ2v) is 2.90. The van der Waals surface area contributed by atoms with Crippen LogP contribution >= 0.6 is 0 Å². The van der Waals surface area contributed by atoms with Gasteiger partial charge in [0.25, 0.3) is 0 Å². The van der Waals surface area contributed by atoms with Crippen molar-refractivity contribution in [1.29, 1.82) is 0 Å². The Balaban J connectivity index is 2.50. The predicted octanol–water partition coefficient (Wildman–Crippen LogP) is 1.85. The second-order valence-electron chi connectivity index (χ2n) is 2.90. The summed E-state index contributed by atoms with van der Waals surface area (Å²) >= 11 is 0. The Morgan fingerprint density at radius 1 is 1.46 bits per heavy atom. The van der Waals surface area contributed by atoms with Gasteiger partial charge in [0.2, 0.25) is 5.91 Å². The van der Waals surface area contributed by atoms with Crippen LogP contribution in [-0.2, 0) is 4.79 Å². The first-order valence-corrected chi connectivity index (χ1v) is 4.34. The minimum Gasteiger partial charge on any atom is -0.299 e. The van der Waals surface area contributed by atoms with Gasteiger partial charge in [-0.2, -0.15) is 0 Å². The highest BCUT2D eigenvalue weighted by Gasteiger charge is 1.95. The van der Waals surface area contributed by atoms with Gasteiger partial charge < -0.3 is 0 Å². The summed E-state index contributed by atoms with van der Waals surface area (Å²) in [5.41, 5.74) is 7.49. The number of benzene rings is 1. The van der Waals surface area contributed by atoms with Crippen LogP contribution in [0.2, 0.25) is 0 Å². The van der Waals surface area contributed by atoms with Crippen molar-refractivity contribution in [1.82, 2.24) is 5.43 Å². The number of anilines is 1. The van der Waals surface area contributed by atoms with Crippen LogP contribution in [0.5, 0.6) is 0 Å². The summed E-state index contributed by atoms with van der Waals surface area (Å²) in [6.45, 7) is 3.82. The highest BCUT2D eigenvalue weighted by Crippen LogP contribution is 2.07. The monoisotopic (exact) mass is 178 g/mol. The Hall–Kier alpha value is -1.51. The van der Waals surface area contributed by atoms with Crippen LogP contribution in [0.15, 0.2) is 24.3 Å². The van der Waals surface area contributed by atoms with Gasteiger partial charge in [-0.1, -0.05) is 19.1 Å². The van der Waals surface area contributed by atoms with Crippen molar-refractivity contribution in [2.75, 3.05) is 5.43 Å². The van der Waals surface area contributed by atoms with Crippen molar-refractivity contribution < 1.29 is 4.79 Å². The number of hydrogen-bond donors (Lipinski definition) is 2. The molecule has 1 rings (SSSR count). The van der Waals surface area contributed by atoms with E-state index in [1.54, 1.807) is 0 Å². The molecule has 0 radical (unpaired) electrons. The lowest BCUT2D eigenvalue weighted by Gasteiger charge is -2.07. The van der Waals surface area contributed by atoms with Gasteiger partial charge in [-0.25, -0.2) is 0 Å². The molecule has 0 aromatic heterocycles. The molecule has 0 saturated heterocycles. The third-order valence-corrected chi connectivity index (χ3v) is 1.69. The number of carbonyl (C=O) groups excluding carboxylic acids is 1. The van der Waals surface area contributed by atoms with E-state index in [9.17, 15) is 4.79 Å². The Labute approximate surface area is 78.1 Å². The van der Waals surface area contributed by atoms with Gasteiger partial charge in [0.15, 0.2) is 0 Å². The molecule has 13 heavy (non-hydrogen) atoms. The van der Waals surface area contributed by atoms with Crippen LogP contribution in [0.25, 0.3) is 0 Å². The molecule has 1 aromatic rings. The van der Waals surface area contributed by atoms with E-state index in [0.717, 1.165) is 11.3 Å². The zero-order chi connectivity index (χ0) is 9.68. The fourth-order valence-electron chi connectivity index (χ4n) is 0.953. The fraction of sp³-hybridized carbons (Fsp3) is 0.300. The number of carbonyl (C=O) groups is 1. The van der Waals surface area contributed by atoms with E-state index in [1.165, 1.54) is 0 Å². The molecule has 0 fully saturated rings. The molecule has 70 valence electrons. The maximum atomic E-state index is 10.9. The van der Waals surface area contributed by atoms with Crippen molar-refractivity contribution in [3.05, 3.63) is 29.8 Å². The summed E-state index contributed by atoms with van der Waals surface area (Å²) in [6.07, 6.45) is 0.485. The maximum Gasteiger partial charge on any atom is 0.238 e. The summed E-state index contributed by atoms with van der Waals surface area (Å²) in [7, 11) is 0. The molecule has 0 saturated carbocycles. The van der Waals surface area contributed by atoms with Crippen LogP contribution in [0.1, 0.15) is 18.9 Å². The zero-order valence-electron chi connectivity index (χ0n) is 7.92. The van der Waals surface area contributed by atoms with Crippen LogP contribution in [-0.4, -0.2) is 5.91 Å². The Kier molecular flexibility index (Phi) is 3.31. The van der Waals surface area contributed by atoms with Crippen molar-refractivity contribution in [3.8, 4) is 0 Å². The quantitative estimate of drug-likeness (QED) is 0.693. The van der Waals surface area contributed by atoms with Crippen LogP contribution in [0, 0.1) is 6.92 Å². The van der Waals surface area contributed by atoms with E-state index < -0.39 is 0 Å². The van der Waals surface area contributed by atoms with Gasteiger partial charge in [0.05, 0.1) is 5.69 Å². The van der Waals surface area contributed by atoms with E-state index in [-0.39, 0.29) is 5.91 Å². The summed E-state index contributed by atoms with van der Waals surface area (Å²) in [4.78, 5) is 10.9. The molecule has 1 amide bonds. The number of nitrogens with one attached hydrogen (secondary N) is 2. The van der Waals surface area contributed by atoms with E-state index in [0.29, 0.717) is 6.42 Å². The van der Waals surface area contributed by atoms with Crippen LogP contribution < -0.4 is 10.9 Å². The standard InChI is InChI=1S/C10H14N2O/c1-3-10(13)12-11-9-6-4-5-8(2)7-9/h4-7,11H,3H2,1-2H3,(H,12,13). The van der Waals surface area contributed by atoms with Crippen molar-refractivity contribution in [2.24, 2.45) is 0 Å². The summed E-state index contributed by atoms with van der Waals surface area (Å²) < 4.78 is 0. The number of rotatable bonds is 3. The lowest BCUT2D eigenvalue weighted by molar-refractivity contribution is -0.120. The Bertz CT molecular complexity index is 297. The summed E-state index contributed by atoms with van der Waals surface area (Å²) in [5.74, 6) is -0.0125. The minimum absolute atomic E-state index is 0.0125. The number of hydrogen-bond acceptors (Lipinski definition) is 2. The predicted molar refractivity (Wildman–Crippen MR) is 53.2 cm³/mol. The number of amides is 1.